The minimum absolute atomic E-state index is 0.119. The van der Waals surface area contributed by atoms with Gasteiger partial charge < -0.3 is 20.9 Å². The first-order chi connectivity index (χ1) is 9.69. The van der Waals surface area contributed by atoms with Gasteiger partial charge >= 0.3 is 0 Å². The molecule has 20 heavy (non-hydrogen) atoms. The second kappa shape index (κ2) is 7.26. The Morgan fingerprint density at radius 1 is 1.50 bits per heavy atom. The maximum atomic E-state index is 11.1. The molecule has 0 aromatic heterocycles. The fourth-order valence-corrected chi connectivity index (χ4v) is 2.28. The van der Waals surface area contributed by atoms with E-state index in [-0.39, 0.29) is 5.91 Å². The smallest absolute Gasteiger partial charge is 0.220 e. The predicted octanol–water partition coefficient (Wildman–Crippen LogP) is 0.974. The molecule has 0 aliphatic carbocycles. The summed E-state index contributed by atoms with van der Waals surface area (Å²) in [6.07, 6.45) is 1.43. The first kappa shape index (κ1) is 14.8. The lowest BCUT2D eigenvalue weighted by molar-refractivity contribution is -0.123. The van der Waals surface area contributed by atoms with Crippen molar-refractivity contribution in [3.8, 4) is 5.75 Å². The average molecular weight is 278 g/mol. The Morgan fingerprint density at radius 2 is 2.35 bits per heavy atom. The summed E-state index contributed by atoms with van der Waals surface area (Å²) in [5.74, 6) is 1.22. The van der Waals surface area contributed by atoms with E-state index in [0.29, 0.717) is 38.5 Å². The molecule has 1 saturated heterocycles. The number of carbonyl (C=O) groups excluding carboxylic acids is 1. The zero-order valence-electron chi connectivity index (χ0n) is 11.5. The Labute approximate surface area is 119 Å². The summed E-state index contributed by atoms with van der Waals surface area (Å²) in [5.41, 5.74) is 6.27. The highest BCUT2D eigenvalue weighted by Crippen LogP contribution is 2.22. The van der Waals surface area contributed by atoms with Crippen LogP contribution < -0.4 is 15.8 Å². The van der Waals surface area contributed by atoms with E-state index in [9.17, 15) is 9.90 Å². The Kier molecular flexibility index (Phi) is 5.38. The SMILES string of the molecule is NCC[C@@H](O)c1cccc(OCC2CCC(=O)NC2)c1. The van der Waals surface area contributed by atoms with Crippen molar-refractivity contribution in [3.63, 3.8) is 0 Å². The van der Waals surface area contributed by atoms with Crippen molar-refractivity contribution < 1.29 is 14.6 Å². The van der Waals surface area contributed by atoms with Gasteiger partial charge in [-0.25, -0.2) is 0 Å². The molecule has 0 radical (unpaired) electrons. The molecule has 1 amide bonds. The molecule has 0 bridgehead atoms. The van der Waals surface area contributed by atoms with Crippen LogP contribution in [-0.2, 0) is 4.79 Å². The molecule has 110 valence electrons. The number of aliphatic hydroxyl groups is 1. The highest BCUT2D eigenvalue weighted by Gasteiger charge is 2.18. The van der Waals surface area contributed by atoms with Crippen LogP contribution in [-0.4, -0.2) is 30.7 Å². The lowest BCUT2D eigenvalue weighted by Gasteiger charge is -2.22. The summed E-state index contributed by atoms with van der Waals surface area (Å²) in [7, 11) is 0. The fourth-order valence-electron chi connectivity index (χ4n) is 2.28. The zero-order chi connectivity index (χ0) is 14.4. The second-order valence-electron chi connectivity index (χ2n) is 5.19. The van der Waals surface area contributed by atoms with Crippen molar-refractivity contribution in [2.75, 3.05) is 19.7 Å². The number of hydrogen-bond acceptors (Lipinski definition) is 4. The molecule has 5 heteroatoms. The summed E-state index contributed by atoms with van der Waals surface area (Å²) >= 11 is 0. The molecule has 0 spiro atoms. The van der Waals surface area contributed by atoms with Gasteiger partial charge in [0.15, 0.2) is 0 Å². The van der Waals surface area contributed by atoms with E-state index in [2.05, 4.69) is 5.32 Å². The Balaban J connectivity index is 1.86. The molecular formula is C15H22N2O3. The van der Waals surface area contributed by atoms with Gasteiger partial charge in [-0.15, -0.1) is 0 Å². The van der Waals surface area contributed by atoms with Crippen molar-refractivity contribution >= 4 is 5.91 Å². The minimum Gasteiger partial charge on any atom is -0.493 e. The number of benzene rings is 1. The Hall–Kier alpha value is -1.59. The van der Waals surface area contributed by atoms with Gasteiger partial charge in [0, 0.05) is 18.9 Å². The number of ether oxygens (including phenoxy) is 1. The van der Waals surface area contributed by atoms with E-state index in [4.69, 9.17) is 10.5 Å². The highest BCUT2D eigenvalue weighted by atomic mass is 16.5. The summed E-state index contributed by atoms with van der Waals surface area (Å²) in [4.78, 5) is 11.1. The summed E-state index contributed by atoms with van der Waals surface area (Å²) in [6, 6.07) is 7.46. The van der Waals surface area contributed by atoms with Crippen LogP contribution in [0.1, 0.15) is 30.9 Å². The quantitative estimate of drug-likeness (QED) is 0.724. The second-order valence-corrected chi connectivity index (χ2v) is 5.19. The van der Waals surface area contributed by atoms with Gasteiger partial charge in [-0.1, -0.05) is 12.1 Å². The molecule has 0 saturated carbocycles. The number of amides is 1. The first-order valence-electron chi connectivity index (χ1n) is 7.06. The van der Waals surface area contributed by atoms with E-state index < -0.39 is 6.10 Å². The number of hydrogen-bond donors (Lipinski definition) is 3. The van der Waals surface area contributed by atoms with Gasteiger partial charge in [-0.3, -0.25) is 4.79 Å². The van der Waals surface area contributed by atoms with Crippen molar-refractivity contribution in [1.82, 2.24) is 5.32 Å². The summed E-state index contributed by atoms with van der Waals surface area (Å²) in [6.45, 7) is 1.71. The van der Waals surface area contributed by atoms with Crippen LogP contribution in [0.5, 0.6) is 5.75 Å². The normalized spacial score (nSPS) is 20.3. The topological polar surface area (TPSA) is 84.6 Å². The van der Waals surface area contributed by atoms with Crippen LogP contribution in [0.2, 0.25) is 0 Å². The van der Waals surface area contributed by atoms with E-state index in [1.165, 1.54) is 0 Å². The van der Waals surface area contributed by atoms with Crippen LogP contribution in [0.4, 0.5) is 0 Å². The van der Waals surface area contributed by atoms with Gasteiger partial charge in [-0.2, -0.15) is 0 Å². The molecular weight excluding hydrogens is 256 g/mol. The third-order valence-electron chi connectivity index (χ3n) is 3.54. The highest BCUT2D eigenvalue weighted by molar-refractivity contribution is 5.76. The molecule has 1 aliphatic rings. The Morgan fingerprint density at radius 3 is 3.05 bits per heavy atom. The van der Waals surface area contributed by atoms with Gasteiger partial charge in [0.1, 0.15) is 5.75 Å². The van der Waals surface area contributed by atoms with E-state index in [0.717, 1.165) is 17.7 Å². The van der Waals surface area contributed by atoms with Crippen LogP contribution in [0, 0.1) is 5.92 Å². The van der Waals surface area contributed by atoms with Crippen LogP contribution in [0.3, 0.4) is 0 Å². The third-order valence-corrected chi connectivity index (χ3v) is 3.54. The van der Waals surface area contributed by atoms with Gasteiger partial charge in [0.05, 0.1) is 12.7 Å². The van der Waals surface area contributed by atoms with Crippen molar-refractivity contribution in [1.29, 1.82) is 0 Å². The number of aliphatic hydroxyl groups excluding tert-OH is 1. The molecule has 1 unspecified atom stereocenters. The maximum Gasteiger partial charge on any atom is 0.220 e. The Bertz CT molecular complexity index is 440. The maximum absolute atomic E-state index is 11.1. The van der Waals surface area contributed by atoms with Gasteiger partial charge in [-0.05, 0) is 37.1 Å². The zero-order valence-corrected chi connectivity index (χ0v) is 11.5. The van der Waals surface area contributed by atoms with Crippen LogP contribution in [0.15, 0.2) is 24.3 Å². The first-order valence-corrected chi connectivity index (χ1v) is 7.06. The number of carbonyl (C=O) groups is 1. The summed E-state index contributed by atoms with van der Waals surface area (Å²) < 4.78 is 5.76. The lowest BCUT2D eigenvalue weighted by Crippen LogP contribution is -2.37. The largest absolute Gasteiger partial charge is 0.493 e. The van der Waals surface area contributed by atoms with Crippen LogP contribution in [0.25, 0.3) is 0 Å². The average Bonchev–Trinajstić information content (AvgIpc) is 2.47. The van der Waals surface area contributed by atoms with Gasteiger partial charge in [0.25, 0.3) is 0 Å². The number of rotatable bonds is 6. The summed E-state index contributed by atoms with van der Waals surface area (Å²) in [5, 5.41) is 12.7. The standard InChI is InChI=1S/C15H22N2O3/c16-7-6-14(18)12-2-1-3-13(8-12)20-10-11-4-5-15(19)17-9-11/h1-3,8,11,14,18H,4-7,9-10,16H2,(H,17,19)/t11?,14-/m1/s1. The monoisotopic (exact) mass is 278 g/mol. The van der Waals surface area contributed by atoms with Crippen molar-refractivity contribution in [3.05, 3.63) is 29.8 Å². The molecule has 2 atom stereocenters. The lowest BCUT2D eigenvalue weighted by atomic mass is 10.0. The molecule has 1 aliphatic heterocycles. The molecule has 5 nitrogen and oxygen atoms in total. The third kappa shape index (κ3) is 4.21. The van der Waals surface area contributed by atoms with E-state index >= 15 is 0 Å². The molecule has 1 aromatic rings. The molecule has 4 N–H and O–H groups in total. The number of nitrogens with two attached hydrogens (primary N) is 1. The molecule has 1 fully saturated rings. The molecule has 2 rings (SSSR count). The molecule has 1 heterocycles. The molecule has 1 aromatic carbocycles. The van der Waals surface area contributed by atoms with E-state index in [1.807, 2.05) is 24.3 Å². The van der Waals surface area contributed by atoms with Crippen molar-refractivity contribution in [2.24, 2.45) is 11.7 Å². The van der Waals surface area contributed by atoms with Crippen LogP contribution >= 0.6 is 0 Å². The predicted molar refractivity (Wildman–Crippen MR) is 76.3 cm³/mol. The number of nitrogens with one attached hydrogen (secondary N) is 1. The van der Waals surface area contributed by atoms with Gasteiger partial charge in [0.2, 0.25) is 5.91 Å². The minimum atomic E-state index is -0.544. The van der Waals surface area contributed by atoms with Crippen molar-refractivity contribution in [2.45, 2.75) is 25.4 Å². The number of piperidine rings is 1. The fraction of sp³-hybridized carbons (Fsp3) is 0.533. The van der Waals surface area contributed by atoms with E-state index in [1.54, 1.807) is 0 Å².